The summed E-state index contributed by atoms with van der Waals surface area (Å²) >= 11 is 0. The van der Waals surface area contributed by atoms with Crippen molar-refractivity contribution in [3.05, 3.63) is 41.3 Å². The lowest BCUT2D eigenvalue weighted by molar-refractivity contribution is 0.0789. The summed E-state index contributed by atoms with van der Waals surface area (Å²) in [5, 5.41) is 4.32. The number of hydrogen-bond donors (Lipinski definition) is 0. The molecule has 0 bridgehead atoms. The third kappa shape index (κ3) is 1.64. The largest absolute Gasteiger partial charge is 0.373 e. The summed E-state index contributed by atoms with van der Waals surface area (Å²) in [4.78, 5) is 11.2. The highest BCUT2D eigenvalue weighted by Gasteiger charge is 2.22. The molecule has 0 unspecified atom stereocenters. The van der Waals surface area contributed by atoms with Crippen LogP contribution in [0.5, 0.6) is 0 Å². The number of benzene rings is 1. The lowest BCUT2D eigenvalue weighted by atomic mass is 10.1. The van der Waals surface area contributed by atoms with Crippen LogP contribution in [0.2, 0.25) is 0 Å². The number of nitrogens with zero attached hydrogens (tertiary/aromatic N) is 2. The van der Waals surface area contributed by atoms with E-state index in [9.17, 15) is 9.18 Å². The maximum absolute atomic E-state index is 13.8. The molecule has 0 fully saturated rings. The number of carbonyl (C=O) groups excluding carboxylic acids is 1. The summed E-state index contributed by atoms with van der Waals surface area (Å²) in [5.74, 6) is -0.378. The summed E-state index contributed by atoms with van der Waals surface area (Å²) in [6.45, 7) is 1.49. The highest BCUT2D eigenvalue weighted by Crippen LogP contribution is 2.28. The van der Waals surface area contributed by atoms with Gasteiger partial charge in [0.25, 0.3) is 0 Å². The third-order valence-electron chi connectivity index (χ3n) is 3.03. The van der Waals surface area contributed by atoms with E-state index >= 15 is 0 Å². The fourth-order valence-electron chi connectivity index (χ4n) is 2.14. The van der Waals surface area contributed by atoms with Crippen LogP contribution in [-0.2, 0) is 17.9 Å². The summed E-state index contributed by atoms with van der Waals surface area (Å²) in [5.41, 5.74) is 1.87. The van der Waals surface area contributed by atoms with Gasteiger partial charge in [0.2, 0.25) is 0 Å². The second-order valence-electron chi connectivity index (χ2n) is 4.08. The molecule has 0 radical (unpaired) electrons. The average molecular weight is 246 g/mol. The van der Waals surface area contributed by atoms with E-state index < -0.39 is 0 Å². The first-order valence-electron chi connectivity index (χ1n) is 5.69. The molecule has 0 amide bonds. The molecule has 92 valence electrons. The van der Waals surface area contributed by atoms with Gasteiger partial charge in [0.1, 0.15) is 11.5 Å². The standard InChI is InChI=1S/C13H11FN2O2/c14-11-4-2-1-3-9(11)13-10(7-17)12-8-18-6-5-16(12)15-13/h1-4,7H,5-6,8H2. The summed E-state index contributed by atoms with van der Waals surface area (Å²) in [7, 11) is 0. The smallest absolute Gasteiger partial charge is 0.154 e. The fourth-order valence-corrected chi connectivity index (χ4v) is 2.14. The molecule has 0 saturated carbocycles. The molecule has 2 heterocycles. The number of ether oxygens (including phenoxy) is 1. The molecule has 2 aromatic rings. The van der Waals surface area contributed by atoms with Crippen molar-refractivity contribution in [1.29, 1.82) is 0 Å². The molecule has 0 N–H and O–H groups in total. The Balaban J connectivity index is 2.21. The molecule has 0 aliphatic carbocycles. The minimum atomic E-state index is -0.378. The zero-order chi connectivity index (χ0) is 12.5. The Morgan fingerprint density at radius 2 is 2.22 bits per heavy atom. The first-order valence-corrected chi connectivity index (χ1v) is 5.69. The number of halogens is 1. The second kappa shape index (κ2) is 4.34. The number of rotatable bonds is 2. The van der Waals surface area contributed by atoms with E-state index in [0.29, 0.717) is 36.6 Å². The predicted molar refractivity (Wildman–Crippen MR) is 62.7 cm³/mol. The van der Waals surface area contributed by atoms with Gasteiger partial charge in [-0.1, -0.05) is 12.1 Å². The van der Waals surface area contributed by atoms with Crippen LogP contribution in [0.3, 0.4) is 0 Å². The van der Waals surface area contributed by atoms with Crippen LogP contribution in [0.15, 0.2) is 24.3 Å². The molecule has 0 atom stereocenters. The molecule has 1 aliphatic heterocycles. The van der Waals surface area contributed by atoms with Gasteiger partial charge in [0.15, 0.2) is 6.29 Å². The Kier molecular flexibility index (Phi) is 2.68. The van der Waals surface area contributed by atoms with E-state index in [1.807, 2.05) is 0 Å². The van der Waals surface area contributed by atoms with E-state index in [1.165, 1.54) is 6.07 Å². The van der Waals surface area contributed by atoms with Gasteiger partial charge in [-0.3, -0.25) is 9.48 Å². The normalized spacial score (nSPS) is 14.3. The Hall–Kier alpha value is -2.01. The zero-order valence-corrected chi connectivity index (χ0v) is 9.60. The number of hydrogen-bond acceptors (Lipinski definition) is 3. The van der Waals surface area contributed by atoms with Gasteiger partial charge in [-0.25, -0.2) is 4.39 Å². The first-order chi connectivity index (χ1) is 8.81. The highest BCUT2D eigenvalue weighted by molar-refractivity contribution is 5.87. The Bertz CT molecular complexity index is 607. The molecule has 3 rings (SSSR count). The number of aromatic nitrogens is 2. The Morgan fingerprint density at radius 1 is 1.39 bits per heavy atom. The lowest BCUT2D eigenvalue weighted by Crippen LogP contribution is -2.17. The summed E-state index contributed by atoms with van der Waals surface area (Å²) < 4.78 is 20.8. The van der Waals surface area contributed by atoms with Crippen molar-refractivity contribution < 1.29 is 13.9 Å². The molecular formula is C13H11FN2O2. The van der Waals surface area contributed by atoms with E-state index in [-0.39, 0.29) is 5.82 Å². The van der Waals surface area contributed by atoms with E-state index in [0.717, 1.165) is 12.0 Å². The molecule has 18 heavy (non-hydrogen) atoms. The van der Waals surface area contributed by atoms with Crippen LogP contribution in [-0.4, -0.2) is 22.7 Å². The molecule has 4 nitrogen and oxygen atoms in total. The third-order valence-corrected chi connectivity index (χ3v) is 3.03. The van der Waals surface area contributed by atoms with Crippen molar-refractivity contribution >= 4 is 6.29 Å². The zero-order valence-electron chi connectivity index (χ0n) is 9.60. The van der Waals surface area contributed by atoms with E-state index in [2.05, 4.69) is 5.10 Å². The minimum Gasteiger partial charge on any atom is -0.373 e. The molecular weight excluding hydrogens is 235 g/mol. The Labute approximate surface area is 103 Å². The van der Waals surface area contributed by atoms with Gasteiger partial charge >= 0.3 is 0 Å². The molecule has 1 aromatic heterocycles. The monoisotopic (exact) mass is 246 g/mol. The van der Waals surface area contributed by atoms with Crippen molar-refractivity contribution in [2.24, 2.45) is 0 Å². The quantitative estimate of drug-likeness (QED) is 0.761. The van der Waals surface area contributed by atoms with Crippen molar-refractivity contribution in [3.8, 4) is 11.3 Å². The molecule has 0 saturated heterocycles. The van der Waals surface area contributed by atoms with Crippen LogP contribution in [0, 0.1) is 5.82 Å². The number of carbonyl (C=O) groups is 1. The van der Waals surface area contributed by atoms with Crippen molar-refractivity contribution in [2.75, 3.05) is 6.61 Å². The maximum atomic E-state index is 13.8. The van der Waals surface area contributed by atoms with E-state index in [1.54, 1.807) is 22.9 Å². The summed E-state index contributed by atoms with van der Waals surface area (Å²) in [6.07, 6.45) is 0.718. The van der Waals surface area contributed by atoms with Crippen molar-refractivity contribution in [1.82, 2.24) is 9.78 Å². The topological polar surface area (TPSA) is 44.1 Å². The fraction of sp³-hybridized carbons (Fsp3) is 0.231. The van der Waals surface area contributed by atoms with Crippen molar-refractivity contribution in [2.45, 2.75) is 13.2 Å². The number of fused-ring (bicyclic) bond motifs is 1. The molecule has 5 heteroatoms. The average Bonchev–Trinajstić information content (AvgIpc) is 2.77. The summed E-state index contributed by atoms with van der Waals surface area (Å²) in [6, 6.07) is 6.32. The number of aldehydes is 1. The van der Waals surface area contributed by atoms with Crippen LogP contribution in [0.1, 0.15) is 16.1 Å². The van der Waals surface area contributed by atoms with Crippen LogP contribution < -0.4 is 0 Å². The van der Waals surface area contributed by atoms with Crippen molar-refractivity contribution in [3.63, 3.8) is 0 Å². The molecule has 1 aliphatic rings. The van der Waals surface area contributed by atoms with Crippen LogP contribution in [0.4, 0.5) is 4.39 Å². The molecule has 0 spiro atoms. The van der Waals surface area contributed by atoms with Gasteiger partial charge in [-0.2, -0.15) is 5.10 Å². The van der Waals surface area contributed by atoms with Gasteiger partial charge in [-0.05, 0) is 12.1 Å². The van der Waals surface area contributed by atoms with Crippen LogP contribution in [0.25, 0.3) is 11.3 Å². The molecule has 1 aromatic carbocycles. The second-order valence-corrected chi connectivity index (χ2v) is 4.08. The minimum absolute atomic E-state index is 0.343. The maximum Gasteiger partial charge on any atom is 0.154 e. The Morgan fingerprint density at radius 3 is 3.00 bits per heavy atom. The first kappa shape index (κ1) is 11.1. The van der Waals surface area contributed by atoms with E-state index in [4.69, 9.17) is 4.74 Å². The van der Waals surface area contributed by atoms with Gasteiger partial charge < -0.3 is 4.74 Å². The predicted octanol–water partition coefficient (Wildman–Crippen LogP) is 2.03. The van der Waals surface area contributed by atoms with Crippen LogP contribution >= 0.6 is 0 Å². The lowest BCUT2D eigenvalue weighted by Gasteiger charge is -2.13. The SMILES string of the molecule is O=Cc1c(-c2ccccc2F)nn2c1COCC2. The van der Waals surface area contributed by atoms with Gasteiger partial charge in [0, 0.05) is 5.56 Å². The van der Waals surface area contributed by atoms with Gasteiger partial charge in [-0.15, -0.1) is 0 Å². The highest BCUT2D eigenvalue weighted by atomic mass is 19.1. The van der Waals surface area contributed by atoms with Gasteiger partial charge in [0.05, 0.1) is 31.0 Å².